The molecule has 5 heteroatoms. The number of thioether (sulfide) groups is 1. The molecular weight excluding hydrogens is 323 g/mol. The van der Waals surface area contributed by atoms with E-state index in [2.05, 4.69) is 35.3 Å². The summed E-state index contributed by atoms with van der Waals surface area (Å²) in [6.07, 6.45) is 0.922. The highest BCUT2D eigenvalue weighted by atomic mass is 32.2. The van der Waals surface area contributed by atoms with Crippen LogP contribution in [0.5, 0.6) is 0 Å². The van der Waals surface area contributed by atoms with Gasteiger partial charge in [0, 0.05) is 24.8 Å². The maximum Gasteiger partial charge on any atom is 0.219 e. The van der Waals surface area contributed by atoms with Crippen LogP contribution in [0.2, 0.25) is 0 Å². The highest BCUT2D eigenvalue weighted by molar-refractivity contribution is 8.00. The second-order valence-corrected chi connectivity index (χ2v) is 7.11. The molecule has 0 bridgehead atoms. The molecule has 1 heterocycles. The third kappa shape index (κ3) is 3.13. The molecule has 0 aromatic heterocycles. The fourth-order valence-electron chi connectivity index (χ4n) is 3.24. The van der Waals surface area contributed by atoms with Gasteiger partial charge in [-0.25, -0.2) is 4.39 Å². The molecule has 2 aromatic rings. The lowest BCUT2D eigenvalue weighted by atomic mass is 9.88. The molecule has 0 aliphatic carbocycles. The smallest absolute Gasteiger partial charge is 0.219 e. The topological polar surface area (TPSA) is 32.3 Å². The Hall–Kier alpha value is -2.01. The molecule has 24 heavy (non-hydrogen) atoms. The number of hydrogen-bond donors (Lipinski definition) is 1. The van der Waals surface area contributed by atoms with Gasteiger partial charge < -0.3 is 10.2 Å². The highest BCUT2D eigenvalue weighted by Crippen LogP contribution is 2.47. The number of halogens is 1. The zero-order valence-electron chi connectivity index (χ0n) is 14.0. The van der Waals surface area contributed by atoms with Gasteiger partial charge in [0.1, 0.15) is 5.82 Å². The van der Waals surface area contributed by atoms with E-state index in [0.29, 0.717) is 0 Å². The van der Waals surface area contributed by atoms with Crippen molar-refractivity contribution in [2.75, 3.05) is 11.9 Å². The van der Waals surface area contributed by atoms with Gasteiger partial charge in [0.25, 0.3) is 0 Å². The second-order valence-electron chi connectivity index (χ2n) is 5.99. The minimum Gasteiger partial charge on any atom is -0.344 e. The average molecular weight is 344 g/mol. The molecule has 3 nitrogen and oxygen atoms in total. The summed E-state index contributed by atoms with van der Waals surface area (Å²) in [6, 6.07) is 13.0. The molecular formula is C19H21FN2OS. The average Bonchev–Trinajstić information content (AvgIpc) is 2.86. The van der Waals surface area contributed by atoms with Crippen LogP contribution in [-0.2, 0) is 4.79 Å². The molecule has 2 aromatic carbocycles. The van der Waals surface area contributed by atoms with Crippen molar-refractivity contribution in [3.05, 3.63) is 59.4 Å². The molecule has 2 atom stereocenters. The van der Waals surface area contributed by atoms with Crippen LogP contribution < -0.4 is 10.2 Å². The van der Waals surface area contributed by atoms with Crippen molar-refractivity contribution in [3.8, 4) is 0 Å². The Morgan fingerprint density at radius 2 is 2.00 bits per heavy atom. The Kier molecular flexibility index (Phi) is 4.81. The van der Waals surface area contributed by atoms with Crippen molar-refractivity contribution in [2.24, 2.45) is 0 Å². The predicted molar refractivity (Wildman–Crippen MR) is 96.8 cm³/mol. The number of nitrogens with zero attached hydrogens (tertiary/aromatic N) is 1. The van der Waals surface area contributed by atoms with Gasteiger partial charge in [0.15, 0.2) is 5.50 Å². The van der Waals surface area contributed by atoms with Gasteiger partial charge in [-0.3, -0.25) is 4.79 Å². The molecule has 0 saturated heterocycles. The first-order valence-electron chi connectivity index (χ1n) is 8.06. The summed E-state index contributed by atoms with van der Waals surface area (Å²) in [5, 5.41) is 2.97. The standard InChI is InChI=1S/C19H21FN2OS/c1-4-15(13-8-10-14(20)11-9-13)16-6-5-7-17-18(16)22(3)19(24-17)21-12(2)23/h5-11,15,19H,4H2,1-3H3,(H,21,23). The van der Waals surface area contributed by atoms with Crippen LogP contribution in [0.3, 0.4) is 0 Å². The highest BCUT2D eigenvalue weighted by Gasteiger charge is 2.31. The van der Waals surface area contributed by atoms with Gasteiger partial charge in [-0.1, -0.05) is 43.0 Å². The summed E-state index contributed by atoms with van der Waals surface area (Å²) < 4.78 is 13.3. The first-order valence-corrected chi connectivity index (χ1v) is 8.94. The van der Waals surface area contributed by atoms with E-state index in [9.17, 15) is 9.18 Å². The minimum absolute atomic E-state index is 0.0423. The summed E-state index contributed by atoms with van der Waals surface area (Å²) in [6.45, 7) is 3.67. The van der Waals surface area contributed by atoms with Crippen LogP contribution in [0, 0.1) is 5.82 Å². The van der Waals surface area contributed by atoms with Crippen molar-refractivity contribution >= 4 is 23.4 Å². The number of para-hydroxylation sites is 1. The largest absolute Gasteiger partial charge is 0.344 e. The zero-order chi connectivity index (χ0) is 17.3. The monoisotopic (exact) mass is 344 g/mol. The van der Waals surface area contributed by atoms with Crippen LogP contribution in [-0.4, -0.2) is 18.5 Å². The number of nitrogens with one attached hydrogen (secondary N) is 1. The van der Waals surface area contributed by atoms with Gasteiger partial charge in [0.2, 0.25) is 5.91 Å². The van der Waals surface area contributed by atoms with Crippen LogP contribution in [0.1, 0.15) is 37.3 Å². The van der Waals surface area contributed by atoms with Gasteiger partial charge in [-0.15, -0.1) is 0 Å². The SMILES string of the molecule is CCC(c1ccc(F)cc1)c1cccc2c1N(C)C(NC(C)=O)S2. The number of fused-ring (bicyclic) bond motifs is 1. The molecule has 3 rings (SSSR count). The Morgan fingerprint density at radius 3 is 2.62 bits per heavy atom. The van der Waals surface area contributed by atoms with Gasteiger partial charge >= 0.3 is 0 Å². The van der Waals surface area contributed by atoms with Crippen molar-refractivity contribution in [1.82, 2.24) is 5.32 Å². The predicted octanol–water partition coefficient (Wildman–Crippen LogP) is 4.33. The number of rotatable bonds is 4. The van der Waals surface area contributed by atoms with E-state index >= 15 is 0 Å². The van der Waals surface area contributed by atoms with E-state index in [-0.39, 0.29) is 23.1 Å². The van der Waals surface area contributed by atoms with E-state index in [1.807, 2.05) is 19.2 Å². The molecule has 126 valence electrons. The molecule has 2 unspecified atom stereocenters. The number of anilines is 1. The molecule has 0 fully saturated rings. The quantitative estimate of drug-likeness (QED) is 0.896. The van der Waals surface area contributed by atoms with Crippen molar-refractivity contribution in [2.45, 2.75) is 36.6 Å². The van der Waals surface area contributed by atoms with E-state index in [0.717, 1.165) is 22.6 Å². The molecule has 0 spiro atoms. The maximum atomic E-state index is 13.3. The maximum absolute atomic E-state index is 13.3. The zero-order valence-corrected chi connectivity index (χ0v) is 14.9. The van der Waals surface area contributed by atoms with Crippen molar-refractivity contribution in [3.63, 3.8) is 0 Å². The molecule has 1 aliphatic rings. The number of hydrogen-bond acceptors (Lipinski definition) is 3. The molecule has 0 radical (unpaired) electrons. The Morgan fingerprint density at radius 1 is 1.29 bits per heavy atom. The normalized spacial score (nSPS) is 17.5. The van der Waals surface area contributed by atoms with Gasteiger partial charge in [0.05, 0.1) is 5.69 Å². The summed E-state index contributed by atoms with van der Waals surface area (Å²) in [4.78, 5) is 14.7. The molecule has 1 aliphatic heterocycles. The summed E-state index contributed by atoms with van der Waals surface area (Å²) >= 11 is 1.65. The lowest BCUT2D eigenvalue weighted by Crippen LogP contribution is -2.41. The Bertz CT molecular complexity index is 748. The Labute approximate surface area is 146 Å². The third-order valence-corrected chi connectivity index (χ3v) is 5.60. The van der Waals surface area contributed by atoms with Crippen molar-refractivity contribution < 1.29 is 9.18 Å². The first-order chi connectivity index (χ1) is 11.5. The summed E-state index contributed by atoms with van der Waals surface area (Å²) in [7, 11) is 2.00. The fourth-order valence-corrected chi connectivity index (χ4v) is 4.50. The second kappa shape index (κ2) is 6.85. The van der Waals surface area contributed by atoms with E-state index in [1.54, 1.807) is 11.8 Å². The minimum atomic E-state index is -0.217. The number of carbonyl (C=O) groups excluding carboxylic acids is 1. The summed E-state index contributed by atoms with van der Waals surface area (Å²) in [5.74, 6) is -0.0655. The molecule has 0 saturated carbocycles. The van der Waals surface area contributed by atoms with Crippen LogP contribution in [0.4, 0.5) is 10.1 Å². The van der Waals surface area contributed by atoms with Crippen LogP contribution in [0.25, 0.3) is 0 Å². The van der Waals surface area contributed by atoms with Crippen LogP contribution >= 0.6 is 11.8 Å². The van der Waals surface area contributed by atoms with Crippen LogP contribution in [0.15, 0.2) is 47.4 Å². The lowest BCUT2D eigenvalue weighted by Gasteiger charge is -2.26. The van der Waals surface area contributed by atoms with E-state index < -0.39 is 0 Å². The molecule has 1 N–H and O–H groups in total. The number of amides is 1. The van der Waals surface area contributed by atoms with Crippen molar-refractivity contribution in [1.29, 1.82) is 0 Å². The first kappa shape index (κ1) is 16.8. The summed E-state index contributed by atoms with van der Waals surface area (Å²) in [5.41, 5.74) is 3.37. The van der Waals surface area contributed by atoms with Gasteiger partial charge in [-0.05, 0) is 35.7 Å². The number of carbonyl (C=O) groups is 1. The molecule has 1 amide bonds. The third-order valence-electron chi connectivity index (χ3n) is 4.36. The van der Waals surface area contributed by atoms with E-state index in [1.165, 1.54) is 24.6 Å². The fraction of sp³-hybridized carbons (Fsp3) is 0.316. The van der Waals surface area contributed by atoms with E-state index in [4.69, 9.17) is 0 Å². The lowest BCUT2D eigenvalue weighted by molar-refractivity contribution is -0.119. The number of benzene rings is 2. The van der Waals surface area contributed by atoms with Gasteiger partial charge in [-0.2, -0.15) is 0 Å². The Balaban J connectivity index is 2.00.